The zero-order chi connectivity index (χ0) is 18.5. The molecule has 4 rings (SSSR count). The number of carbonyl (C=O) groups is 2. The van der Waals surface area contributed by atoms with Crippen LogP contribution in [0, 0.1) is 0 Å². The molecule has 0 saturated carbocycles. The molecule has 7 nitrogen and oxygen atoms in total. The molecule has 134 valence electrons. The molecule has 2 aliphatic rings. The zero-order valence-corrected chi connectivity index (χ0v) is 14.4. The lowest BCUT2D eigenvalue weighted by Gasteiger charge is -2.50. The Morgan fingerprint density at radius 3 is 2.85 bits per heavy atom. The van der Waals surface area contributed by atoms with Gasteiger partial charge in [-0.25, -0.2) is 9.59 Å². The maximum Gasteiger partial charge on any atom is 0.335 e. The summed E-state index contributed by atoms with van der Waals surface area (Å²) in [5, 5.41) is 12.2. The number of carbonyl (C=O) groups excluding carboxylic acids is 1. The van der Waals surface area contributed by atoms with E-state index in [2.05, 4.69) is 5.32 Å². The molecule has 2 atom stereocenters. The van der Waals surface area contributed by atoms with Crippen molar-refractivity contribution in [2.45, 2.75) is 25.1 Å². The highest BCUT2D eigenvalue weighted by atomic mass is 16.5. The number of hydrogen-bond donors (Lipinski definition) is 2. The van der Waals surface area contributed by atoms with E-state index in [9.17, 15) is 14.7 Å². The van der Waals surface area contributed by atoms with Crippen LogP contribution in [0.3, 0.4) is 0 Å². The second-order valence-electron chi connectivity index (χ2n) is 6.55. The molecular weight excluding hydrogens is 336 g/mol. The summed E-state index contributed by atoms with van der Waals surface area (Å²) in [6, 6.07) is 11.3. The molecule has 2 N–H and O–H groups in total. The Morgan fingerprint density at radius 1 is 1.35 bits per heavy atom. The first-order valence-corrected chi connectivity index (χ1v) is 8.23. The molecule has 1 saturated heterocycles. The number of methoxy groups -OCH3 is 1. The summed E-state index contributed by atoms with van der Waals surface area (Å²) in [5.41, 5.74) is 0.469. The Hall–Kier alpha value is -3.22. The SMILES string of the molecule is COc1cccc2c1OC1(C)CC2NC(=O)N1c1cccc(C(=O)O)c1. The van der Waals surface area contributed by atoms with E-state index in [1.54, 1.807) is 25.3 Å². The highest BCUT2D eigenvalue weighted by Gasteiger charge is 2.50. The van der Waals surface area contributed by atoms with Crippen LogP contribution in [0.5, 0.6) is 11.5 Å². The molecule has 26 heavy (non-hydrogen) atoms. The topological polar surface area (TPSA) is 88.1 Å². The molecule has 0 radical (unpaired) electrons. The van der Waals surface area contributed by atoms with Crippen LogP contribution in [0.15, 0.2) is 42.5 Å². The Morgan fingerprint density at radius 2 is 2.12 bits per heavy atom. The Kier molecular flexibility index (Phi) is 3.54. The minimum Gasteiger partial charge on any atom is -0.493 e. The van der Waals surface area contributed by atoms with Crippen molar-refractivity contribution < 1.29 is 24.2 Å². The van der Waals surface area contributed by atoms with Crippen molar-refractivity contribution in [3.63, 3.8) is 0 Å². The number of rotatable bonds is 3. The number of para-hydroxylation sites is 1. The van der Waals surface area contributed by atoms with E-state index in [0.29, 0.717) is 23.6 Å². The standard InChI is InChI=1S/C19H18N2O5/c1-19-10-14(13-7-4-8-15(25-2)16(13)26-19)20-18(24)21(19)12-6-3-5-11(9-12)17(22)23/h3-9,14H,10H2,1-2H3,(H,20,24)(H,22,23). The van der Waals surface area contributed by atoms with Gasteiger partial charge in [0.05, 0.1) is 24.4 Å². The van der Waals surface area contributed by atoms with Gasteiger partial charge in [0.25, 0.3) is 0 Å². The summed E-state index contributed by atoms with van der Waals surface area (Å²) >= 11 is 0. The third kappa shape index (κ3) is 2.35. The summed E-state index contributed by atoms with van der Waals surface area (Å²) in [6.45, 7) is 1.82. The first kappa shape index (κ1) is 16.3. The highest BCUT2D eigenvalue weighted by molar-refractivity contribution is 5.97. The first-order chi connectivity index (χ1) is 12.4. The van der Waals surface area contributed by atoms with Gasteiger partial charge in [-0.05, 0) is 31.2 Å². The quantitative estimate of drug-likeness (QED) is 0.884. The van der Waals surface area contributed by atoms with Gasteiger partial charge in [-0.15, -0.1) is 0 Å². The fraction of sp³-hybridized carbons (Fsp3) is 0.263. The van der Waals surface area contributed by atoms with E-state index in [1.807, 2.05) is 19.1 Å². The Bertz CT molecular complexity index is 913. The average molecular weight is 354 g/mol. The summed E-state index contributed by atoms with van der Waals surface area (Å²) < 4.78 is 11.7. The van der Waals surface area contributed by atoms with Crippen LogP contribution in [-0.4, -0.2) is 29.9 Å². The molecule has 0 aromatic heterocycles. The van der Waals surface area contributed by atoms with Crippen molar-refractivity contribution >= 4 is 17.7 Å². The van der Waals surface area contributed by atoms with E-state index >= 15 is 0 Å². The van der Waals surface area contributed by atoms with Crippen molar-refractivity contribution in [2.75, 3.05) is 12.0 Å². The van der Waals surface area contributed by atoms with Gasteiger partial charge >= 0.3 is 12.0 Å². The van der Waals surface area contributed by atoms with Crippen LogP contribution in [0.25, 0.3) is 0 Å². The predicted octanol–water partition coefficient (Wildman–Crippen LogP) is 3.16. The minimum absolute atomic E-state index is 0.106. The van der Waals surface area contributed by atoms with Gasteiger partial charge in [0.15, 0.2) is 17.2 Å². The van der Waals surface area contributed by atoms with Gasteiger partial charge in [0.2, 0.25) is 0 Å². The molecule has 1 fully saturated rings. The van der Waals surface area contributed by atoms with Crippen molar-refractivity contribution in [1.82, 2.24) is 5.32 Å². The zero-order valence-electron chi connectivity index (χ0n) is 14.4. The number of amides is 2. The molecule has 2 unspecified atom stereocenters. The fourth-order valence-corrected chi connectivity index (χ4v) is 3.69. The van der Waals surface area contributed by atoms with Crippen molar-refractivity contribution in [1.29, 1.82) is 0 Å². The molecule has 2 aromatic rings. The van der Waals surface area contributed by atoms with E-state index in [1.165, 1.54) is 17.0 Å². The van der Waals surface area contributed by atoms with Crippen LogP contribution in [0.4, 0.5) is 10.5 Å². The predicted molar refractivity (Wildman–Crippen MR) is 93.8 cm³/mol. The van der Waals surface area contributed by atoms with Gasteiger partial charge in [-0.1, -0.05) is 18.2 Å². The summed E-state index contributed by atoms with van der Waals surface area (Å²) in [6.07, 6.45) is 0.524. The van der Waals surface area contributed by atoms with Crippen LogP contribution in [0.1, 0.15) is 35.3 Å². The van der Waals surface area contributed by atoms with Crippen LogP contribution in [-0.2, 0) is 0 Å². The summed E-state index contributed by atoms with van der Waals surface area (Å²) in [4.78, 5) is 25.6. The molecule has 0 aliphatic carbocycles. The minimum atomic E-state index is -1.05. The number of nitrogens with zero attached hydrogens (tertiary/aromatic N) is 1. The molecule has 2 heterocycles. The lowest BCUT2D eigenvalue weighted by Crippen LogP contribution is -2.65. The van der Waals surface area contributed by atoms with Gasteiger partial charge in [-0.2, -0.15) is 0 Å². The van der Waals surface area contributed by atoms with Crippen molar-refractivity contribution in [3.8, 4) is 11.5 Å². The van der Waals surface area contributed by atoms with Gasteiger partial charge in [0, 0.05) is 12.0 Å². The smallest absolute Gasteiger partial charge is 0.335 e. The molecule has 7 heteroatoms. The molecular formula is C19H18N2O5. The number of urea groups is 1. The lowest BCUT2D eigenvalue weighted by molar-refractivity contribution is 0.0349. The maximum absolute atomic E-state index is 12.8. The van der Waals surface area contributed by atoms with E-state index in [0.717, 1.165) is 5.56 Å². The summed E-state index contributed by atoms with van der Waals surface area (Å²) in [5.74, 6) is 0.130. The van der Waals surface area contributed by atoms with Gasteiger partial charge < -0.3 is 19.9 Å². The number of anilines is 1. The number of carboxylic acid groups (broad SMARTS) is 1. The summed E-state index contributed by atoms with van der Waals surface area (Å²) in [7, 11) is 1.57. The van der Waals surface area contributed by atoms with Crippen LogP contribution < -0.4 is 19.7 Å². The fourth-order valence-electron chi connectivity index (χ4n) is 3.69. The normalized spacial score (nSPS) is 23.5. The second-order valence-corrected chi connectivity index (χ2v) is 6.55. The van der Waals surface area contributed by atoms with E-state index in [4.69, 9.17) is 9.47 Å². The molecule has 2 bridgehead atoms. The number of nitrogens with one attached hydrogen (secondary N) is 1. The second kappa shape index (κ2) is 5.66. The number of benzene rings is 2. The average Bonchev–Trinajstić information content (AvgIpc) is 2.60. The van der Waals surface area contributed by atoms with Crippen LogP contribution >= 0.6 is 0 Å². The lowest BCUT2D eigenvalue weighted by atomic mass is 9.90. The number of ether oxygens (including phenoxy) is 2. The highest BCUT2D eigenvalue weighted by Crippen LogP contribution is 2.48. The largest absolute Gasteiger partial charge is 0.493 e. The van der Waals surface area contributed by atoms with Crippen LogP contribution in [0.2, 0.25) is 0 Å². The number of carboxylic acids is 1. The molecule has 2 amide bonds. The third-order valence-electron chi connectivity index (χ3n) is 4.83. The number of aromatic carboxylic acids is 1. The first-order valence-electron chi connectivity index (χ1n) is 8.23. The van der Waals surface area contributed by atoms with Crippen molar-refractivity contribution in [2.24, 2.45) is 0 Å². The third-order valence-corrected chi connectivity index (χ3v) is 4.83. The molecule has 2 aromatic carbocycles. The van der Waals surface area contributed by atoms with Gasteiger partial charge in [0.1, 0.15) is 0 Å². The van der Waals surface area contributed by atoms with Crippen molar-refractivity contribution in [3.05, 3.63) is 53.6 Å². The number of fused-ring (bicyclic) bond motifs is 4. The van der Waals surface area contributed by atoms with E-state index < -0.39 is 11.7 Å². The van der Waals surface area contributed by atoms with Gasteiger partial charge in [-0.3, -0.25) is 4.90 Å². The van der Waals surface area contributed by atoms with E-state index in [-0.39, 0.29) is 17.6 Å². The monoisotopic (exact) mass is 354 g/mol. The Balaban J connectivity index is 1.81. The molecule has 0 spiro atoms. The Labute approximate surface area is 150 Å². The maximum atomic E-state index is 12.8. The molecule has 2 aliphatic heterocycles. The number of hydrogen-bond acceptors (Lipinski definition) is 4.